The van der Waals surface area contributed by atoms with E-state index in [1.165, 1.54) is 21.9 Å². The minimum absolute atomic E-state index is 0.886. The molecule has 3 nitrogen and oxygen atoms in total. The highest BCUT2D eigenvalue weighted by Gasteiger charge is 2.19. The summed E-state index contributed by atoms with van der Waals surface area (Å²) in [5, 5.41) is 6.88. The van der Waals surface area contributed by atoms with E-state index in [1.807, 2.05) is 18.2 Å². The molecule has 0 spiro atoms. The Kier molecular flexibility index (Phi) is 8.17. The SMILES string of the molecule is c1ccc(-c2ccc(N(c3ccc(-c4ccc5oc6ccccc6c5c4)cc3)c3ccc(-c4ccc5oc6c(-c7ccccc7)cccc6c5c4)cc3)c3ccccc23)cc1. The Labute approximate surface area is 353 Å². The number of fused-ring (bicyclic) bond motifs is 7. The molecule has 0 radical (unpaired) electrons. The van der Waals surface area contributed by atoms with Gasteiger partial charge in [0.15, 0.2) is 0 Å². The van der Waals surface area contributed by atoms with Crippen LogP contribution in [0.1, 0.15) is 0 Å². The van der Waals surface area contributed by atoms with Crippen LogP contribution in [0.2, 0.25) is 0 Å². The van der Waals surface area contributed by atoms with E-state index in [0.29, 0.717) is 0 Å². The van der Waals surface area contributed by atoms with Gasteiger partial charge < -0.3 is 13.7 Å². The first-order valence-corrected chi connectivity index (χ1v) is 20.7. The Morgan fingerprint density at radius 3 is 1.41 bits per heavy atom. The first-order valence-electron chi connectivity index (χ1n) is 20.7. The second kappa shape index (κ2) is 14.3. The molecule has 0 saturated carbocycles. The number of para-hydroxylation sites is 2. The van der Waals surface area contributed by atoms with Crippen molar-refractivity contribution in [3.05, 3.63) is 224 Å². The molecule has 61 heavy (non-hydrogen) atoms. The van der Waals surface area contributed by atoms with Crippen molar-refractivity contribution in [2.45, 2.75) is 0 Å². The fourth-order valence-corrected chi connectivity index (χ4v) is 9.11. The van der Waals surface area contributed by atoms with E-state index >= 15 is 0 Å². The van der Waals surface area contributed by atoms with Crippen molar-refractivity contribution in [3.63, 3.8) is 0 Å². The van der Waals surface area contributed by atoms with E-state index in [0.717, 1.165) is 94.3 Å². The third kappa shape index (κ3) is 5.98. The molecule has 286 valence electrons. The second-order valence-electron chi connectivity index (χ2n) is 15.6. The van der Waals surface area contributed by atoms with E-state index in [1.54, 1.807) is 0 Å². The van der Waals surface area contributed by atoms with E-state index < -0.39 is 0 Å². The lowest BCUT2D eigenvalue weighted by Crippen LogP contribution is -2.10. The van der Waals surface area contributed by atoms with Gasteiger partial charge in [0.2, 0.25) is 0 Å². The largest absolute Gasteiger partial charge is 0.456 e. The smallest absolute Gasteiger partial charge is 0.143 e. The van der Waals surface area contributed by atoms with E-state index in [2.05, 4.69) is 211 Å². The van der Waals surface area contributed by atoms with Crippen LogP contribution in [-0.4, -0.2) is 0 Å². The lowest BCUT2D eigenvalue weighted by Gasteiger charge is -2.28. The molecule has 12 aromatic rings. The van der Waals surface area contributed by atoms with Crippen LogP contribution in [0, 0.1) is 0 Å². The van der Waals surface area contributed by atoms with Crippen LogP contribution in [0.3, 0.4) is 0 Å². The van der Waals surface area contributed by atoms with Crippen LogP contribution in [0.15, 0.2) is 233 Å². The van der Waals surface area contributed by atoms with Crippen LogP contribution >= 0.6 is 0 Å². The number of nitrogens with zero attached hydrogens (tertiary/aromatic N) is 1. The first-order chi connectivity index (χ1) is 30.2. The summed E-state index contributed by atoms with van der Waals surface area (Å²) < 4.78 is 12.6. The highest BCUT2D eigenvalue weighted by atomic mass is 16.3. The number of rotatable bonds is 7. The zero-order valence-corrected chi connectivity index (χ0v) is 33.1. The van der Waals surface area contributed by atoms with Gasteiger partial charge in [-0.25, -0.2) is 0 Å². The molecule has 0 aliphatic heterocycles. The molecule has 0 aliphatic rings. The minimum atomic E-state index is 0.886. The van der Waals surface area contributed by atoms with Gasteiger partial charge in [-0.1, -0.05) is 164 Å². The molecule has 3 heteroatoms. The predicted octanol–water partition coefficient (Wildman–Crippen LogP) is 16.8. The summed E-state index contributed by atoms with van der Waals surface area (Å²) in [6.45, 7) is 0. The van der Waals surface area contributed by atoms with E-state index in [4.69, 9.17) is 8.83 Å². The van der Waals surface area contributed by atoms with Gasteiger partial charge in [-0.05, 0) is 105 Å². The third-order valence-corrected chi connectivity index (χ3v) is 12.1. The molecule has 0 bridgehead atoms. The lowest BCUT2D eigenvalue weighted by atomic mass is 9.96. The molecule has 0 aliphatic carbocycles. The van der Waals surface area contributed by atoms with Gasteiger partial charge in [0.05, 0.1) is 5.69 Å². The number of hydrogen-bond donors (Lipinski definition) is 0. The Morgan fingerprint density at radius 1 is 0.262 bits per heavy atom. The van der Waals surface area contributed by atoms with Crippen molar-refractivity contribution in [2.75, 3.05) is 4.90 Å². The first kappa shape index (κ1) is 34.9. The van der Waals surface area contributed by atoms with Gasteiger partial charge in [0.1, 0.15) is 22.3 Å². The van der Waals surface area contributed by atoms with Crippen molar-refractivity contribution in [1.29, 1.82) is 0 Å². The maximum absolute atomic E-state index is 6.51. The summed E-state index contributed by atoms with van der Waals surface area (Å²) >= 11 is 0. The molecule has 0 unspecified atom stereocenters. The van der Waals surface area contributed by atoms with Gasteiger partial charge in [0.25, 0.3) is 0 Å². The fraction of sp³-hybridized carbons (Fsp3) is 0. The standard InChI is InChI=1S/C58H37NO2/c1-3-12-40(13-4-1)46-32-33-54(49-17-8-7-16-48(46)49)59(44-28-22-38(23-29-44)42-26-34-56-52(36-42)50-18-9-10-21-55(50)60-56)45-30-24-39(25-31-45)43-27-35-57-53(37-43)51-20-11-19-47(58(51)61-57)41-14-5-2-6-15-41/h1-37H. The molecule has 2 aromatic heterocycles. The average molecular weight is 780 g/mol. The van der Waals surface area contributed by atoms with Crippen molar-refractivity contribution >= 4 is 71.7 Å². The summed E-state index contributed by atoms with van der Waals surface area (Å²) in [5.74, 6) is 0. The van der Waals surface area contributed by atoms with Gasteiger partial charge in [0, 0.05) is 43.9 Å². The molecule has 0 fully saturated rings. The van der Waals surface area contributed by atoms with Crippen LogP contribution in [0.25, 0.3) is 99.2 Å². The Hall–Kier alpha value is -8.14. The molecular formula is C58H37NO2. The fourth-order valence-electron chi connectivity index (χ4n) is 9.11. The monoisotopic (exact) mass is 779 g/mol. The quantitative estimate of drug-likeness (QED) is 0.161. The van der Waals surface area contributed by atoms with Crippen LogP contribution in [0.4, 0.5) is 17.1 Å². The Morgan fingerprint density at radius 2 is 0.754 bits per heavy atom. The maximum atomic E-state index is 6.51. The molecular weight excluding hydrogens is 743 g/mol. The maximum Gasteiger partial charge on any atom is 0.143 e. The number of hydrogen-bond acceptors (Lipinski definition) is 3. The highest BCUT2D eigenvalue weighted by Crippen LogP contribution is 2.44. The summed E-state index contributed by atoms with van der Waals surface area (Å²) in [5.41, 5.74) is 16.1. The molecule has 0 atom stereocenters. The van der Waals surface area contributed by atoms with Gasteiger partial charge in [-0.2, -0.15) is 0 Å². The molecule has 0 N–H and O–H groups in total. The van der Waals surface area contributed by atoms with E-state index in [-0.39, 0.29) is 0 Å². The van der Waals surface area contributed by atoms with Crippen molar-refractivity contribution in [2.24, 2.45) is 0 Å². The van der Waals surface area contributed by atoms with Gasteiger partial charge in [-0.3, -0.25) is 0 Å². The minimum Gasteiger partial charge on any atom is -0.456 e. The van der Waals surface area contributed by atoms with Gasteiger partial charge in [-0.15, -0.1) is 0 Å². The zero-order chi connectivity index (χ0) is 40.3. The van der Waals surface area contributed by atoms with Gasteiger partial charge >= 0.3 is 0 Å². The van der Waals surface area contributed by atoms with E-state index in [9.17, 15) is 0 Å². The molecule has 0 saturated heterocycles. The van der Waals surface area contributed by atoms with Crippen LogP contribution in [-0.2, 0) is 0 Å². The Bertz CT molecular complexity index is 3560. The van der Waals surface area contributed by atoms with Crippen molar-refractivity contribution < 1.29 is 8.83 Å². The lowest BCUT2D eigenvalue weighted by molar-refractivity contribution is 0.669. The molecule has 12 rings (SSSR count). The Balaban J connectivity index is 0.959. The topological polar surface area (TPSA) is 29.5 Å². The highest BCUT2D eigenvalue weighted by molar-refractivity contribution is 6.11. The number of anilines is 3. The molecule has 2 heterocycles. The summed E-state index contributed by atoms with van der Waals surface area (Å²) in [6, 6.07) is 80.0. The molecule has 0 amide bonds. The summed E-state index contributed by atoms with van der Waals surface area (Å²) in [4.78, 5) is 2.38. The summed E-state index contributed by atoms with van der Waals surface area (Å²) in [7, 11) is 0. The summed E-state index contributed by atoms with van der Waals surface area (Å²) in [6.07, 6.45) is 0. The number of benzene rings is 10. The zero-order valence-electron chi connectivity index (χ0n) is 33.1. The normalized spacial score (nSPS) is 11.6. The predicted molar refractivity (Wildman–Crippen MR) is 255 cm³/mol. The molecule has 10 aromatic carbocycles. The van der Waals surface area contributed by atoms with Crippen LogP contribution < -0.4 is 4.90 Å². The third-order valence-electron chi connectivity index (χ3n) is 12.1. The van der Waals surface area contributed by atoms with Crippen molar-refractivity contribution in [1.82, 2.24) is 0 Å². The average Bonchev–Trinajstić information content (AvgIpc) is 3.90. The van der Waals surface area contributed by atoms with Crippen molar-refractivity contribution in [3.8, 4) is 44.5 Å². The number of furan rings is 2. The van der Waals surface area contributed by atoms with Crippen LogP contribution in [0.5, 0.6) is 0 Å². The second-order valence-corrected chi connectivity index (χ2v) is 15.6.